The van der Waals surface area contributed by atoms with Crippen LogP contribution in [0.5, 0.6) is 0 Å². The molecule has 0 radical (unpaired) electrons. The maximum absolute atomic E-state index is 5.90. The number of nitrogens with zero attached hydrogens (tertiary/aromatic N) is 2. The second-order valence-corrected chi connectivity index (χ2v) is 3.44. The van der Waals surface area contributed by atoms with Crippen molar-refractivity contribution in [2.75, 3.05) is 0 Å². The SMILES string of the molecule is ClCc1cc(Cl)cc(-c2ncon2)c1. The monoisotopic (exact) mass is 228 g/mol. The second-order valence-electron chi connectivity index (χ2n) is 2.74. The van der Waals surface area contributed by atoms with Crippen molar-refractivity contribution in [3.05, 3.63) is 35.2 Å². The molecule has 72 valence electrons. The van der Waals surface area contributed by atoms with E-state index in [4.69, 9.17) is 23.2 Å². The van der Waals surface area contributed by atoms with Gasteiger partial charge in [0.2, 0.25) is 12.2 Å². The van der Waals surface area contributed by atoms with E-state index in [0.29, 0.717) is 16.7 Å². The fraction of sp³-hybridized carbons (Fsp3) is 0.111. The van der Waals surface area contributed by atoms with Crippen LogP contribution < -0.4 is 0 Å². The molecule has 0 saturated carbocycles. The lowest BCUT2D eigenvalue weighted by atomic mass is 10.1. The molecule has 2 aromatic rings. The highest BCUT2D eigenvalue weighted by atomic mass is 35.5. The van der Waals surface area contributed by atoms with Crippen molar-refractivity contribution in [2.24, 2.45) is 0 Å². The molecule has 0 unspecified atom stereocenters. The van der Waals surface area contributed by atoms with Crippen LogP contribution in [0.1, 0.15) is 5.56 Å². The van der Waals surface area contributed by atoms with Crippen molar-refractivity contribution >= 4 is 23.2 Å². The fourth-order valence-corrected chi connectivity index (χ4v) is 1.57. The molecule has 2 rings (SSSR count). The Morgan fingerprint density at radius 3 is 2.79 bits per heavy atom. The van der Waals surface area contributed by atoms with Crippen molar-refractivity contribution in [3.8, 4) is 11.4 Å². The lowest BCUT2D eigenvalue weighted by molar-refractivity contribution is 0.419. The normalized spacial score (nSPS) is 10.4. The molecule has 0 aliphatic rings. The van der Waals surface area contributed by atoms with Gasteiger partial charge in [-0.15, -0.1) is 11.6 Å². The molecule has 5 heteroatoms. The first-order valence-corrected chi connectivity index (χ1v) is 4.83. The number of benzene rings is 1. The number of halogens is 2. The first-order chi connectivity index (χ1) is 6.79. The van der Waals surface area contributed by atoms with Gasteiger partial charge in [-0.3, -0.25) is 0 Å². The summed E-state index contributed by atoms with van der Waals surface area (Å²) in [5.74, 6) is 0.921. The minimum Gasteiger partial charge on any atom is -0.342 e. The van der Waals surface area contributed by atoms with Crippen molar-refractivity contribution in [3.63, 3.8) is 0 Å². The molecule has 0 saturated heterocycles. The van der Waals surface area contributed by atoms with Gasteiger partial charge < -0.3 is 4.52 Å². The summed E-state index contributed by atoms with van der Waals surface area (Å²) in [6.07, 6.45) is 1.27. The highest BCUT2D eigenvalue weighted by Gasteiger charge is 2.05. The number of rotatable bonds is 2. The fourth-order valence-electron chi connectivity index (χ4n) is 1.15. The number of alkyl halides is 1. The van der Waals surface area contributed by atoms with Gasteiger partial charge in [-0.25, -0.2) is 0 Å². The van der Waals surface area contributed by atoms with Gasteiger partial charge in [0.05, 0.1) is 0 Å². The molecule has 0 bridgehead atoms. The van der Waals surface area contributed by atoms with Crippen molar-refractivity contribution in [2.45, 2.75) is 5.88 Å². The molecule has 0 N–H and O–H groups in total. The van der Waals surface area contributed by atoms with E-state index >= 15 is 0 Å². The predicted molar refractivity (Wildman–Crippen MR) is 54.3 cm³/mol. The van der Waals surface area contributed by atoms with Crippen LogP contribution in [0.2, 0.25) is 5.02 Å². The van der Waals surface area contributed by atoms with Gasteiger partial charge in [-0.05, 0) is 23.8 Å². The van der Waals surface area contributed by atoms with E-state index in [1.54, 1.807) is 12.1 Å². The van der Waals surface area contributed by atoms with E-state index in [-0.39, 0.29) is 0 Å². The molecular weight excluding hydrogens is 223 g/mol. The van der Waals surface area contributed by atoms with E-state index in [2.05, 4.69) is 14.7 Å². The molecule has 14 heavy (non-hydrogen) atoms. The smallest absolute Gasteiger partial charge is 0.214 e. The largest absolute Gasteiger partial charge is 0.342 e. The Bertz CT molecular complexity index is 428. The van der Waals surface area contributed by atoms with Crippen LogP contribution in [-0.4, -0.2) is 10.1 Å². The van der Waals surface area contributed by atoms with E-state index in [1.165, 1.54) is 6.39 Å². The third kappa shape index (κ3) is 1.89. The maximum atomic E-state index is 5.90. The second kappa shape index (κ2) is 3.98. The third-order valence-corrected chi connectivity index (χ3v) is 2.26. The standard InChI is InChI=1S/C9H6Cl2N2O/c10-4-6-1-7(3-8(11)2-6)9-12-5-14-13-9/h1-3,5H,4H2. The van der Waals surface area contributed by atoms with Gasteiger partial charge in [0.25, 0.3) is 0 Å². The predicted octanol–water partition coefficient (Wildman–Crippen LogP) is 3.13. The van der Waals surface area contributed by atoms with Crippen molar-refractivity contribution in [1.82, 2.24) is 10.1 Å². The molecule has 0 atom stereocenters. The Kier molecular flexibility index (Phi) is 2.70. The van der Waals surface area contributed by atoms with Crippen LogP contribution in [0, 0.1) is 0 Å². The van der Waals surface area contributed by atoms with Crippen LogP contribution in [0.4, 0.5) is 0 Å². The summed E-state index contributed by atoms with van der Waals surface area (Å²) in [7, 11) is 0. The Balaban J connectivity index is 2.48. The summed E-state index contributed by atoms with van der Waals surface area (Å²) in [6.45, 7) is 0. The first-order valence-electron chi connectivity index (χ1n) is 3.92. The quantitative estimate of drug-likeness (QED) is 0.742. The van der Waals surface area contributed by atoms with Crippen LogP contribution in [0.15, 0.2) is 29.1 Å². The molecule has 0 fully saturated rings. The van der Waals surface area contributed by atoms with E-state index in [0.717, 1.165) is 11.1 Å². The number of hydrogen-bond donors (Lipinski definition) is 0. The van der Waals surface area contributed by atoms with Gasteiger partial charge in [-0.2, -0.15) is 4.98 Å². The lowest BCUT2D eigenvalue weighted by Gasteiger charge is -2.00. The highest BCUT2D eigenvalue weighted by Crippen LogP contribution is 2.22. The minimum absolute atomic E-state index is 0.408. The van der Waals surface area contributed by atoms with E-state index < -0.39 is 0 Å². The molecule has 0 aliphatic heterocycles. The summed E-state index contributed by atoms with van der Waals surface area (Å²) in [5.41, 5.74) is 1.74. The number of hydrogen-bond acceptors (Lipinski definition) is 3. The third-order valence-electron chi connectivity index (χ3n) is 1.73. The molecule has 1 aromatic heterocycles. The highest BCUT2D eigenvalue weighted by molar-refractivity contribution is 6.31. The molecule has 1 aromatic carbocycles. The van der Waals surface area contributed by atoms with Crippen LogP contribution in [0.3, 0.4) is 0 Å². The van der Waals surface area contributed by atoms with E-state index in [9.17, 15) is 0 Å². The van der Waals surface area contributed by atoms with Crippen LogP contribution in [0.25, 0.3) is 11.4 Å². The Labute approximate surface area is 90.6 Å². The van der Waals surface area contributed by atoms with Gasteiger partial charge in [-0.1, -0.05) is 16.8 Å². The van der Waals surface area contributed by atoms with Crippen molar-refractivity contribution < 1.29 is 4.52 Å². The van der Waals surface area contributed by atoms with Gasteiger partial charge in [0.15, 0.2) is 0 Å². The lowest BCUT2D eigenvalue weighted by Crippen LogP contribution is -1.84. The van der Waals surface area contributed by atoms with Crippen LogP contribution >= 0.6 is 23.2 Å². The minimum atomic E-state index is 0.408. The van der Waals surface area contributed by atoms with Gasteiger partial charge in [0, 0.05) is 16.5 Å². The zero-order valence-corrected chi connectivity index (χ0v) is 8.59. The van der Waals surface area contributed by atoms with Gasteiger partial charge >= 0.3 is 0 Å². The zero-order valence-electron chi connectivity index (χ0n) is 7.08. The molecule has 1 heterocycles. The molecule has 0 amide bonds. The molecule has 0 spiro atoms. The summed E-state index contributed by atoms with van der Waals surface area (Å²) < 4.78 is 4.65. The van der Waals surface area contributed by atoms with Crippen LogP contribution in [-0.2, 0) is 5.88 Å². The summed E-state index contributed by atoms with van der Waals surface area (Å²) in [4.78, 5) is 3.92. The summed E-state index contributed by atoms with van der Waals surface area (Å²) in [6, 6.07) is 5.45. The molecule has 0 aliphatic carbocycles. The topological polar surface area (TPSA) is 38.9 Å². The Morgan fingerprint density at radius 2 is 2.14 bits per heavy atom. The zero-order chi connectivity index (χ0) is 9.97. The summed E-state index contributed by atoms with van der Waals surface area (Å²) in [5, 5.41) is 4.33. The van der Waals surface area contributed by atoms with E-state index in [1.807, 2.05) is 6.07 Å². The Hall–Kier alpha value is -1.06. The van der Waals surface area contributed by atoms with Crippen molar-refractivity contribution in [1.29, 1.82) is 0 Å². The van der Waals surface area contributed by atoms with Gasteiger partial charge in [0.1, 0.15) is 0 Å². The average Bonchev–Trinajstić information content (AvgIpc) is 2.69. The first kappa shape index (κ1) is 9.49. The molecular formula is C9H6Cl2N2O. The maximum Gasteiger partial charge on any atom is 0.214 e. The Morgan fingerprint density at radius 1 is 1.29 bits per heavy atom. The average molecular weight is 229 g/mol. The summed E-state index contributed by atoms with van der Waals surface area (Å²) >= 11 is 11.6. The molecule has 3 nitrogen and oxygen atoms in total. The number of aromatic nitrogens is 2.